The Morgan fingerprint density at radius 3 is 2.16 bits per heavy atom. The Hall–Kier alpha value is -3.09. The lowest BCUT2D eigenvalue weighted by Gasteiger charge is -2.31. The average molecular weight is 450 g/mol. The number of hydrogen-bond acceptors (Lipinski definition) is 3. The van der Waals surface area contributed by atoms with Crippen molar-refractivity contribution in [2.24, 2.45) is 0 Å². The zero-order valence-electron chi connectivity index (χ0n) is 17.9. The summed E-state index contributed by atoms with van der Waals surface area (Å²) in [5.41, 5.74) is 2.37. The predicted octanol–water partition coefficient (Wildman–Crippen LogP) is 5.47. The minimum absolute atomic E-state index is 0.186. The zero-order chi connectivity index (χ0) is 22.9. The third kappa shape index (κ3) is 4.04. The maximum absolute atomic E-state index is 13.8. The predicted molar refractivity (Wildman–Crippen MR) is 122 cm³/mol. The summed E-state index contributed by atoms with van der Waals surface area (Å²) in [6.45, 7) is 3.79. The summed E-state index contributed by atoms with van der Waals surface area (Å²) in [7, 11) is -3.90. The van der Waals surface area contributed by atoms with Gasteiger partial charge in [0.05, 0.1) is 10.9 Å². The molecule has 0 fully saturated rings. The van der Waals surface area contributed by atoms with Crippen molar-refractivity contribution in [1.82, 2.24) is 4.31 Å². The minimum Gasteiger partial charge on any atom is -0.289 e. The molecule has 1 aliphatic heterocycles. The Kier molecular flexibility index (Phi) is 6.09. The van der Waals surface area contributed by atoms with Crippen LogP contribution >= 0.6 is 0 Å². The number of carbonyl (C=O) groups excluding carboxylic acids is 1. The Bertz CT molecular complexity index is 1250. The lowest BCUT2D eigenvalue weighted by Crippen LogP contribution is -2.38. The lowest BCUT2D eigenvalue weighted by atomic mass is 9.94. The molecule has 0 aromatic heterocycles. The zero-order valence-corrected chi connectivity index (χ0v) is 18.7. The summed E-state index contributed by atoms with van der Waals surface area (Å²) in [6, 6.07) is 19.9. The number of carbonyl (C=O) groups is 1. The van der Waals surface area contributed by atoms with Gasteiger partial charge in [-0.15, -0.1) is 0 Å². The van der Waals surface area contributed by atoms with Crippen LogP contribution in [0.2, 0.25) is 0 Å². The van der Waals surface area contributed by atoms with E-state index < -0.39 is 27.9 Å². The first-order chi connectivity index (χ1) is 15.3. The molecule has 0 spiro atoms. The molecular weight excluding hydrogens is 425 g/mol. The van der Waals surface area contributed by atoms with Gasteiger partial charge < -0.3 is 0 Å². The SMILES string of the molecule is CC[C@@H]1C=C(C(=O)c2ccc(F)cc2)[C@H](c2ccccc2)N1S(=O)(=O)c1ccc(C)cc1. The normalized spacial score (nSPS) is 19.0. The molecule has 3 aromatic rings. The van der Waals surface area contributed by atoms with E-state index in [1.165, 1.54) is 28.6 Å². The molecule has 0 radical (unpaired) electrons. The van der Waals surface area contributed by atoms with Crippen molar-refractivity contribution in [1.29, 1.82) is 0 Å². The molecule has 0 saturated heterocycles. The number of nitrogens with zero attached hydrogens (tertiary/aromatic N) is 1. The van der Waals surface area contributed by atoms with Crippen LogP contribution in [0, 0.1) is 12.7 Å². The summed E-state index contributed by atoms with van der Waals surface area (Å²) in [5, 5.41) is 0. The van der Waals surface area contributed by atoms with Crippen LogP contribution in [0.5, 0.6) is 0 Å². The fourth-order valence-corrected chi connectivity index (χ4v) is 5.88. The molecule has 0 amide bonds. The van der Waals surface area contributed by atoms with Crippen LogP contribution < -0.4 is 0 Å². The monoisotopic (exact) mass is 449 g/mol. The Morgan fingerprint density at radius 2 is 1.56 bits per heavy atom. The molecule has 4 rings (SSSR count). The van der Waals surface area contributed by atoms with Crippen molar-refractivity contribution in [2.75, 3.05) is 0 Å². The van der Waals surface area contributed by atoms with E-state index in [0.717, 1.165) is 5.56 Å². The molecule has 3 aromatic carbocycles. The van der Waals surface area contributed by atoms with Crippen molar-refractivity contribution in [3.8, 4) is 0 Å². The van der Waals surface area contributed by atoms with Crippen LogP contribution in [0.15, 0.2) is 95.4 Å². The average Bonchev–Trinajstić information content (AvgIpc) is 3.20. The van der Waals surface area contributed by atoms with E-state index in [1.54, 1.807) is 30.3 Å². The number of sulfonamides is 1. The van der Waals surface area contributed by atoms with Crippen LogP contribution in [0.25, 0.3) is 0 Å². The lowest BCUT2D eigenvalue weighted by molar-refractivity contribution is 0.102. The summed E-state index contributed by atoms with van der Waals surface area (Å²) >= 11 is 0. The number of benzene rings is 3. The van der Waals surface area contributed by atoms with Gasteiger partial charge >= 0.3 is 0 Å². The highest BCUT2D eigenvalue weighted by molar-refractivity contribution is 7.89. The van der Waals surface area contributed by atoms with Crippen LogP contribution in [0.1, 0.15) is 40.9 Å². The standard InChI is InChI=1S/C26H24FNO3S/c1-3-22-17-24(26(29)20-11-13-21(27)14-12-20)25(19-7-5-4-6-8-19)28(22)32(30,31)23-15-9-18(2)10-16-23/h4-17,22,25H,3H2,1-2H3/t22-,25+/m1/s1. The first kappa shape index (κ1) is 22.1. The molecule has 1 heterocycles. The second-order valence-electron chi connectivity index (χ2n) is 7.89. The van der Waals surface area contributed by atoms with Gasteiger partial charge in [0.25, 0.3) is 0 Å². The van der Waals surface area contributed by atoms with Crippen molar-refractivity contribution < 1.29 is 17.6 Å². The highest BCUT2D eigenvalue weighted by atomic mass is 32.2. The van der Waals surface area contributed by atoms with Crippen LogP contribution in [-0.4, -0.2) is 24.5 Å². The fraction of sp³-hybridized carbons (Fsp3) is 0.192. The Morgan fingerprint density at radius 1 is 0.938 bits per heavy atom. The summed E-state index contributed by atoms with van der Waals surface area (Å²) in [6.07, 6.45) is 2.25. The molecule has 32 heavy (non-hydrogen) atoms. The number of ketones is 1. The van der Waals surface area contributed by atoms with Crippen LogP contribution in [0.3, 0.4) is 0 Å². The van der Waals surface area contributed by atoms with Crippen molar-refractivity contribution in [3.63, 3.8) is 0 Å². The van der Waals surface area contributed by atoms with Gasteiger partial charge in [-0.2, -0.15) is 4.31 Å². The van der Waals surface area contributed by atoms with Crippen molar-refractivity contribution in [2.45, 2.75) is 37.2 Å². The molecule has 4 nitrogen and oxygen atoms in total. The molecule has 0 aliphatic carbocycles. The van der Waals surface area contributed by atoms with E-state index in [-0.39, 0.29) is 10.7 Å². The number of halogens is 1. The number of Topliss-reactive ketones (excluding diaryl/α,β-unsaturated/α-hetero) is 1. The van der Waals surface area contributed by atoms with Gasteiger partial charge in [0.1, 0.15) is 5.82 Å². The van der Waals surface area contributed by atoms with Gasteiger partial charge in [-0.25, -0.2) is 12.8 Å². The molecule has 2 atom stereocenters. The summed E-state index contributed by atoms with van der Waals surface area (Å²) < 4.78 is 42.4. The number of rotatable bonds is 6. The highest BCUT2D eigenvalue weighted by Crippen LogP contribution is 2.43. The fourth-order valence-electron chi connectivity index (χ4n) is 4.08. The smallest absolute Gasteiger partial charge is 0.244 e. The van der Waals surface area contributed by atoms with E-state index in [4.69, 9.17) is 0 Å². The molecular formula is C26H24FNO3S. The van der Waals surface area contributed by atoms with Crippen molar-refractivity contribution >= 4 is 15.8 Å². The molecule has 0 N–H and O–H groups in total. The second kappa shape index (κ2) is 8.81. The van der Waals surface area contributed by atoms with Crippen LogP contribution in [0.4, 0.5) is 4.39 Å². The largest absolute Gasteiger partial charge is 0.289 e. The van der Waals surface area contributed by atoms with Gasteiger partial charge in [-0.05, 0) is 55.3 Å². The van der Waals surface area contributed by atoms with E-state index in [2.05, 4.69) is 0 Å². The molecule has 164 valence electrons. The molecule has 0 unspecified atom stereocenters. The van der Waals surface area contributed by atoms with Gasteiger partial charge in [0.15, 0.2) is 5.78 Å². The summed E-state index contributed by atoms with van der Waals surface area (Å²) in [4.78, 5) is 13.6. The maximum atomic E-state index is 13.8. The quantitative estimate of drug-likeness (QED) is 0.469. The topological polar surface area (TPSA) is 54.5 Å². The third-order valence-corrected chi connectivity index (χ3v) is 7.65. The van der Waals surface area contributed by atoms with E-state index >= 15 is 0 Å². The Balaban J connectivity index is 1.85. The minimum atomic E-state index is -3.90. The number of hydrogen-bond donors (Lipinski definition) is 0. The van der Waals surface area contributed by atoms with E-state index in [9.17, 15) is 17.6 Å². The third-order valence-electron chi connectivity index (χ3n) is 5.75. The first-order valence-electron chi connectivity index (χ1n) is 10.5. The van der Waals surface area contributed by atoms with Crippen molar-refractivity contribution in [3.05, 3.63) is 113 Å². The highest BCUT2D eigenvalue weighted by Gasteiger charge is 2.45. The van der Waals surface area contributed by atoms with Crippen LogP contribution in [-0.2, 0) is 10.0 Å². The molecule has 0 bridgehead atoms. The molecule has 1 aliphatic rings. The number of aryl methyl sites for hydroxylation is 1. The van der Waals surface area contributed by atoms with E-state index in [0.29, 0.717) is 23.1 Å². The first-order valence-corrected chi connectivity index (χ1v) is 11.9. The Labute approximate surface area is 188 Å². The second-order valence-corrected chi connectivity index (χ2v) is 9.74. The maximum Gasteiger partial charge on any atom is 0.244 e. The van der Waals surface area contributed by atoms with Gasteiger partial charge in [-0.3, -0.25) is 4.79 Å². The molecule has 6 heteroatoms. The van der Waals surface area contributed by atoms with Gasteiger partial charge in [0.2, 0.25) is 10.0 Å². The summed E-state index contributed by atoms with van der Waals surface area (Å²) in [5.74, 6) is -0.740. The molecule has 0 saturated carbocycles. The van der Waals surface area contributed by atoms with Gasteiger partial charge in [0, 0.05) is 17.2 Å². The van der Waals surface area contributed by atoms with Gasteiger partial charge in [-0.1, -0.05) is 61.0 Å². The van der Waals surface area contributed by atoms with E-state index in [1.807, 2.05) is 44.2 Å².